The molecule has 7 heteroatoms. The third kappa shape index (κ3) is 3.85. The standard InChI is InChI=1S/C14H6Cl2F3NS/c15-9-2-4-12(16)13(5-9)21-10-3-1-8(7-20)11(6-10)14(17,18)19/h1-6H. The second-order valence-electron chi connectivity index (χ2n) is 3.99. The van der Waals surface area contributed by atoms with Gasteiger partial charge in [-0.1, -0.05) is 35.0 Å². The Morgan fingerprint density at radius 1 is 1.05 bits per heavy atom. The van der Waals surface area contributed by atoms with E-state index in [-0.39, 0.29) is 0 Å². The zero-order chi connectivity index (χ0) is 15.6. The molecule has 0 aliphatic rings. The average Bonchev–Trinajstić information content (AvgIpc) is 2.42. The van der Waals surface area contributed by atoms with Crippen LogP contribution in [-0.4, -0.2) is 0 Å². The van der Waals surface area contributed by atoms with Crippen LogP contribution in [0.3, 0.4) is 0 Å². The van der Waals surface area contributed by atoms with Crippen molar-refractivity contribution in [3.8, 4) is 6.07 Å². The first-order chi connectivity index (χ1) is 9.81. The van der Waals surface area contributed by atoms with Crippen molar-refractivity contribution in [1.82, 2.24) is 0 Å². The summed E-state index contributed by atoms with van der Waals surface area (Å²) in [6.07, 6.45) is -4.58. The molecule has 2 aromatic carbocycles. The lowest BCUT2D eigenvalue weighted by molar-refractivity contribution is -0.137. The zero-order valence-corrected chi connectivity index (χ0v) is 12.5. The van der Waals surface area contributed by atoms with Crippen molar-refractivity contribution in [2.45, 2.75) is 16.0 Å². The smallest absolute Gasteiger partial charge is 0.192 e. The first-order valence-electron chi connectivity index (χ1n) is 5.55. The lowest BCUT2D eigenvalue weighted by atomic mass is 10.1. The van der Waals surface area contributed by atoms with Gasteiger partial charge in [0.15, 0.2) is 0 Å². The van der Waals surface area contributed by atoms with Crippen molar-refractivity contribution in [3.63, 3.8) is 0 Å². The fourth-order valence-electron chi connectivity index (χ4n) is 1.60. The number of hydrogen-bond acceptors (Lipinski definition) is 2. The number of nitriles is 1. The molecule has 108 valence electrons. The fourth-order valence-corrected chi connectivity index (χ4v) is 2.99. The van der Waals surface area contributed by atoms with Gasteiger partial charge in [-0.25, -0.2) is 0 Å². The van der Waals surface area contributed by atoms with Gasteiger partial charge in [0.25, 0.3) is 0 Å². The maximum Gasteiger partial charge on any atom is 0.417 e. The molecule has 1 nitrogen and oxygen atoms in total. The van der Waals surface area contributed by atoms with E-state index >= 15 is 0 Å². The lowest BCUT2D eigenvalue weighted by Gasteiger charge is -2.11. The topological polar surface area (TPSA) is 23.8 Å². The van der Waals surface area contributed by atoms with E-state index in [1.165, 1.54) is 12.1 Å². The van der Waals surface area contributed by atoms with Gasteiger partial charge >= 0.3 is 6.18 Å². The summed E-state index contributed by atoms with van der Waals surface area (Å²) in [5, 5.41) is 9.58. The maximum atomic E-state index is 12.9. The summed E-state index contributed by atoms with van der Waals surface area (Å²) in [4.78, 5) is 0.868. The highest BCUT2D eigenvalue weighted by Crippen LogP contribution is 2.39. The molecule has 0 heterocycles. The van der Waals surface area contributed by atoms with Crippen LogP contribution in [0.2, 0.25) is 10.0 Å². The first-order valence-corrected chi connectivity index (χ1v) is 7.13. The maximum absolute atomic E-state index is 12.9. The Morgan fingerprint density at radius 3 is 2.38 bits per heavy atom. The van der Waals surface area contributed by atoms with Crippen LogP contribution < -0.4 is 0 Å². The summed E-state index contributed by atoms with van der Waals surface area (Å²) in [5.41, 5.74) is -1.38. The highest BCUT2D eigenvalue weighted by Gasteiger charge is 2.33. The Balaban J connectivity index is 2.42. The minimum atomic E-state index is -4.58. The van der Waals surface area contributed by atoms with E-state index in [0.29, 0.717) is 19.8 Å². The number of rotatable bonds is 2. The lowest BCUT2D eigenvalue weighted by Crippen LogP contribution is -2.07. The Hall–Kier alpha value is -1.35. The van der Waals surface area contributed by atoms with E-state index in [9.17, 15) is 13.2 Å². The van der Waals surface area contributed by atoms with Crippen LogP contribution in [0.4, 0.5) is 13.2 Å². The van der Waals surface area contributed by atoms with Crippen molar-refractivity contribution in [3.05, 3.63) is 57.6 Å². The molecular weight excluding hydrogens is 342 g/mol. The number of hydrogen-bond donors (Lipinski definition) is 0. The molecule has 2 aromatic rings. The van der Waals surface area contributed by atoms with Crippen LogP contribution in [0, 0.1) is 11.3 Å². The van der Waals surface area contributed by atoms with Gasteiger partial charge in [0.2, 0.25) is 0 Å². The number of nitrogens with zero attached hydrogens (tertiary/aromatic N) is 1. The highest BCUT2D eigenvalue weighted by molar-refractivity contribution is 7.99. The van der Waals surface area contributed by atoms with Crippen LogP contribution in [0.5, 0.6) is 0 Å². The Bertz CT molecular complexity index is 723. The minimum Gasteiger partial charge on any atom is -0.192 e. The first kappa shape index (κ1) is 16.0. The van der Waals surface area contributed by atoms with E-state index in [2.05, 4.69) is 0 Å². The summed E-state index contributed by atoms with van der Waals surface area (Å²) in [7, 11) is 0. The van der Waals surface area contributed by atoms with Gasteiger partial charge in [0.05, 0.1) is 22.2 Å². The van der Waals surface area contributed by atoms with Gasteiger partial charge in [-0.05, 0) is 36.4 Å². The van der Waals surface area contributed by atoms with Crippen LogP contribution in [0.25, 0.3) is 0 Å². The van der Waals surface area contributed by atoms with Crippen molar-refractivity contribution in [2.75, 3.05) is 0 Å². The molecule has 0 amide bonds. The van der Waals surface area contributed by atoms with Crippen LogP contribution in [-0.2, 0) is 6.18 Å². The molecule has 0 radical (unpaired) electrons. The summed E-state index contributed by atoms with van der Waals surface area (Å²) in [6.45, 7) is 0. The van der Waals surface area contributed by atoms with Crippen LogP contribution >= 0.6 is 35.0 Å². The predicted molar refractivity (Wildman–Crippen MR) is 76.7 cm³/mol. The number of benzene rings is 2. The SMILES string of the molecule is N#Cc1ccc(Sc2cc(Cl)ccc2Cl)cc1C(F)(F)F. The molecule has 0 aromatic heterocycles. The normalized spacial score (nSPS) is 11.2. The molecule has 0 bridgehead atoms. The van der Waals surface area contributed by atoms with Gasteiger partial charge < -0.3 is 0 Å². The summed E-state index contributed by atoms with van der Waals surface area (Å²) in [6, 6.07) is 9.78. The largest absolute Gasteiger partial charge is 0.417 e. The Morgan fingerprint density at radius 2 is 1.76 bits per heavy atom. The Labute approximate surface area is 133 Å². The molecule has 2 rings (SSSR count). The average molecular weight is 348 g/mol. The third-order valence-corrected chi connectivity index (χ3v) is 4.26. The molecule has 0 saturated heterocycles. The number of halogens is 5. The van der Waals surface area contributed by atoms with Crippen molar-refractivity contribution in [1.29, 1.82) is 5.26 Å². The summed E-state index contributed by atoms with van der Waals surface area (Å²) < 4.78 is 38.7. The quantitative estimate of drug-likeness (QED) is 0.661. The van der Waals surface area contributed by atoms with E-state index < -0.39 is 17.3 Å². The molecule has 0 aliphatic heterocycles. The van der Waals surface area contributed by atoms with Gasteiger partial charge in [-0.15, -0.1) is 0 Å². The predicted octanol–water partition coefficient (Wildman–Crippen LogP) is 6.04. The zero-order valence-electron chi connectivity index (χ0n) is 10.2. The van der Waals surface area contributed by atoms with E-state index in [4.69, 9.17) is 28.5 Å². The third-order valence-electron chi connectivity index (χ3n) is 2.54. The highest BCUT2D eigenvalue weighted by atomic mass is 35.5. The molecule has 0 fully saturated rings. The van der Waals surface area contributed by atoms with Gasteiger partial charge in [-0.2, -0.15) is 18.4 Å². The number of alkyl halides is 3. The fraction of sp³-hybridized carbons (Fsp3) is 0.0714. The molecule has 0 atom stereocenters. The molecule has 0 spiro atoms. The van der Waals surface area contributed by atoms with Gasteiger partial charge in [-0.3, -0.25) is 0 Å². The molecule has 21 heavy (non-hydrogen) atoms. The second-order valence-corrected chi connectivity index (χ2v) is 5.95. The Kier molecular flexibility index (Phi) is 4.72. The monoisotopic (exact) mass is 347 g/mol. The van der Waals surface area contributed by atoms with Crippen molar-refractivity contribution in [2.24, 2.45) is 0 Å². The molecule has 0 N–H and O–H groups in total. The van der Waals surface area contributed by atoms with E-state index in [1.54, 1.807) is 18.2 Å². The summed E-state index contributed by atoms with van der Waals surface area (Å²) >= 11 is 12.9. The summed E-state index contributed by atoms with van der Waals surface area (Å²) in [5.74, 6) is 0. The van der Waals surface area contributed by atoms with Gasteiger partial charge in [0.1, 0.15) is 0 Å². The van der Waals surface area contributed by atoms with Crippen LogP contribution in [0.15, 0.2) is 46.2 Å². The molecule has 0 aliphatic carbocycles. The van der Waals surface area contributed by atoms with E-state index in [1.807, 2.05) is 0 Å². The van der Waals surface area contributed by atoms with Crippen LogP contribution in [0.1, 0.15) is 11.1 Å². The second kappa shape index (κ2) is 6.18. The molecule has 0 saturated carbocycles. The van der Waals surface area contributed by atoms with Crippen molar-refractivity contribution < 1.29 is 13.2 Å². The molecular formula is C14H6Cl2F3NS. The minimum absolute atomic E-state index is 0.325. The van der Waals surface area contributed by atoms with Crippen molar-refractivity contribution >= 4 is 35.0 Å². The van der Waals surface area contributed by atoms with Gasteiger partial charge in [0, 0.05) is 14.8 Å². The van der Waals surface area contributed by atoms with E-state index in [0.717, 1.165) is 23.9 Å². The molecule has 0 unspecified atom stereocenters.